The highest BCUT2D eigenvalue weighted by Crippen LogP contribution is 2.36. The molecule has 5 aromatic rings. The molecule has 1 unspecified atom stereocenters. The number of aryl methyl sites for hydroxylation is 1. The molecule has 0 saturated carbocycles. The van der Waals surface area contributed by atoms with Gasteiger partial charge in [-0.2, -0.15) is 10.2 Å². The highest BCUT2D eigenvalue weighted by atomic mass is 16.2. The topological polar surface area (TPSA) is 106 Å². The summed E-state index contributed by atoms with van der Waals surface area (Å²) in [6.45, 7) is 12.0. The Morgan fingerprint density at radius 2 is 1.55 bits per heavy atom. The Morgan fingerprint density at radius 3 is 2.26 bits per heavy atom. The van der Waals surface area contributed by atoms with Crippen LogP contribution in [0.4, 0.5) is 16.3 Å². The van der Waals surface area contributed by atoms with Crippen molar-refractivity contribution in [2.75, 3.05) is 23.7 Å². The van der Waals surface area contributed by atoms with E-state index in [0.717, 1.165) is 59.8 Å². The maximum atomic E-state index is 14.4. The zero-order chi connectivity index (χ0) is 33.1. The number of ketones is 1. The average molecular weight is 630 g/mol. The van der Waals surface area contributed by atoms with Crippen molar-refractivity contribution < 1.29 is 9.59 Å². The lowest BCUT2D eigenvalue weighted by molar-refractivity contribution is 0.0915. The summed E-state index contributed by atoms with van der Waals surface area (Å²) in [6, 6.07) is 27.1. The summed E-state index contributed by atoms with van der Waals surface area (Å²) >= 11 is 0. The van der Waals surface area contributed by atoms with Gasteiger partial charge in [0.15, 0.2) is 5.78 Å². The Morgan fingerprint density at radius 1 is 0.851 bits per heavy atom. The molecule has 0 bridgehead atoms. The number of para-hydroxylation sites is 1. The third-order valence-corrected chi connectivity index (χ3v) is 8.92. The van der Waals surface area contributed by atoms with Crippen LogP contribution in [0.5, 0.6) is 0 Å². The van der Waals surface area contributed by atoms with Crippen molar-refractivity contribution in [1.29, 1.82) is 0 Å². The number of carbonyl (C=O) groups is 2. The van der Waals surface area contributed by atoms with Gasteiger partial charge in [0.2, 0.25) is 0 Å². The van der Waals surface area contributed by atoms with Crippen LogP contribution in [-0.2, 0) is 5.41 Å². The summed E-state index contributed by atoms with van der Waals surface area (Å²) in [7, 11) is 0. The normalized spacial score (nSPS) is 14.5. The molecule has 9 heteroatoms. The first kappa shape index (κ1) is 31.9. The van der Waals surface area contributed by atoms with Crippen LogP contribution in [0.1, 0.15) is 72.4 Å². The molecule has 1 fully saturated rings. The third-order valence-electron chi connectivity index (χ3n) is 8.92. The molecule has 242 valence electrons. The lowest BCUT2D eigenvalue weighted by Crippen LogP contribution is -2.34. The van der Waals surface area contributed by atoms with E-state index in [9.17, 15) is 9.59 Å². The van der Waals surface area contributed by atoms with Gasteiger partial charge in [-0.3, -0.25) is 10.1 Å². The van der Waals surface area contributed by atoms with Gasteiger partial charge < -0.3 is 10.6 Å². The summed E-state index contributed by atoms with van der Waals surface area (Å²) < 4.78 is 3.58. The molecule has 1 saturated heterocycles. The number of urea groups is 1. The Hall–Kier alpha value is -5.02. The first-order valence-corrected chi connectivity index (χ1v) is 16.3. The molecule has 1 aliphatic heterocycles. The lowest BCUT2D eigenvalue weighted by atomic mass is 9.76. The minimum Gasteiger partial charge on any atom is -0.317 e. The van der Waals surface area contributed by atoms with Gasteiger partial charge in [-0.1, -0.05) is 68.8 Å². The van der Waals surface area contributed by atoms with Crippen LogP contribution in [0.3, 0.4) is 0 Å². The van der Waals surface area contributed by atoms with E-state index >= 15 is 0 Å². The molecule has 3 heterocycles. The monoisotopic (exact) mass is 629 g/mol. The summed E-state index contributed by atoms with van der Waals surface area (Å²) in [4.78, 5) is 27.8. The first-order chi connectivity index (χ1) is 22.6. The van der Waals surface area contributed by atoms with Gasteiger partial charge in [0.05, 0.1) is 40.4 Å². The number of amides is 2. The molecule has 3 aromatic carbocycles. The standard InChI is InChI=1S/C38H43N7O2/c1-25-14-16-31(17-15-25)45-34(23-33(43-45)38(3,4)5)42-37(47)41-29-11-9-10-28(22-29)35(27-18-20-39-21-19-27)36(46)32-24-40-44(26(32)2)30-12-7-6-8-13-30/h6-17,22-24,27,35,39H,18-21H2,1-5H3,(H2,41,42,47). The van der Waals surface area contributed by atoms with E-state index in [-0.39, 0.29) is 29.1 Å². The smallest absolute Gasteiger partial charge is 0.317 e. The molecule has 6 rings (SSSR count). The molecule has 0 aliphatic carbocycles. The molecular weight excluding hydrogens is 586 g/mol. The number of hydrogen-bond donors (Lipinski definition) is 3. The fourth-order valence-electron chi connectivity index (χ4n) is 6.27. The van der Waals surface area contributed by atoms with E-state index in [4.69, 9.17) is 5.10 Å². The number of carbonyl (C=O) groups excluding carboxylic acids is 2. The van der Waals surface area contributed by atoms with Crippen LogP contribution >= 0.6 is 0 Å². The van der Waals surface area contributed by atoms with Gasteiger partial charge in [0, 0.05) is 17.2 Å². The Bertz CT molecular complexity index is 1860. The molecule has 9 nitrogen and oxygen atoms in total. The van der Waals surface area contributed by atoms with Crippen LogP contribution in [0.15, 0.2) is 91.1 Å². The van der Waals surface area contributed by atoms with Crippen molar-refractivity contribution in [3.8, 4) is 11.4 Å². The largest absolute Gasteiger partial charge is 0.324 e. The van der Waals surface area contributed by atoms with E-state index in [1.54, 1.807) is 10.9 Å². The number of aromatic nitrogens is 4. The van der Waals surface area contributed by atoms with Crippen molar-refractivity contribution in [3.63, 3.8) is 0 Å². The van der Waals surface area contributed by atoms with E-state index in [2.05, 4.69) is 41.8 Å². The van der Waals surface area contributed by atoms with E-state index in [1.165, 1.54) is 0 Å². The highest BCUT2D eigenvalue weighted by molar-refractivity contribution is 6.03. The minimum atomic E-state index is -0.388. The molecule has 2 amide bonds. The number of nitrogens with zero attached hydrogens (tertiary/aromatic N) is 4. The van der Waals surface area contributed by atoms with Gasteiger partial charge in [-0.05, 0) is 87.7 Å². The molecular formula is C38H43N7O2. The SMILES string of the molecule is Cc1ccc(-n2nc(C(C)(C)C)cc2NC(=O)Nc2cccc(C(C(=O)c3cnn(-c4ccccc4)c3C)C3CCNCC3)c2)cc1. The van der Waals surface area contributed by atoms with E-state index < -0.39 is 0 Å². The zero-order valence-electron chi connectivity index (χ0n) is 27.7. The van der Waals surface area contributed by atoms with Gasteiger partial charge in [0.1, 0.15) is 5.82 Å². The number of hydrogen-bond acceptors (Lipinski definition) is 5. The van der Waals surface area contributed by atoms with Crippen LogP contribution < -0.4 is 16.0 Å². The van der Waals surface area contributed by atoms with Crippen molar-refractivity contribution in [2.24, 2.45) is 5.92 Å². The maximum absolute atomic E-state index is 14.4. The minimum absolute atomic E-state index is 0.0508. The molecule has 1 aliphatic rings. The maximum Gasteiger partial charge on any atom is 0.324 e. The third kappa shape index (κ3) is 7.05. The fourth-order valence-corrected chi connectivity index (χ4v) is 6.27. The van der Waals surface area contributed by atoms with Crippen LogP contribution in [0.2, 0.25) is 0 Å². The molecule has 0 radical (unpaired) electrons. The number of anilines is 2. The Kier molecular flexibility index (Phi) is 9.09. The van der Waals surface area contributed by atoms with Crippen molar-refractivity contribution in [3.05, 3.63) is 119 Å². The number of nitrogens with one attached hydrogen (secondary N) is 3. The summed E-state index contributed by atoms with van der Waals surface area (Å²) in [6.07, 6.45) is 3.47. The second kappa shape index (κ2) is 13.4. The molecule has 3 N–H and O–H groups in total. The predicted octanol–water partition coefficient (Wildman–Crippen LogP) is 7.58. The van der Waals surface area contributed by atoms with Gasteiger partial charge in [-0.25, -0.2) is 14.2 Å². The highest BCUT2D eigenvalue weighted by Gasteiger charge is 2.33. The number of benzene rings is 3. The van der Waals surface area contributed by atoms with E-state index in [1.807, 2.05) is 103 Å². The summed E-state index contributed by atoms with van der Waals surface area (Å²) in [5, 5.41) is 18.9. The Balaban J connectivity index is 1.27. The zero-order valence-corrected chi connectivity index (χ0v) is 27.7. The van der Waals surface area contributed by atoms with E-state index in [0.29, 0.717) is 17.1 Å². The second-order valence-corrected chi connectivity index (χ2v) is 13.4. The van der Waals surface area contributed by atoms with Crippen LogP contribution in [-0.4, -0.2) is 44.5 Å². The lowest BCUT2D eigenvalue weighted by Gasteiger charge is -2.30. The number of piperidine rings is 1. The second-order valence-electron chi connectivity index (χ2n) is 13.4. The number of Topliss-reactive ketones (excluding diaryl/α,β-unsaturated/α-hetero) is 1. The van der Waals surface area contributed by atoms with Crippen LogP contribution in [0.25, 0.3) is 11.4 Å². The molecule has 0 spiro atoms. The first-order valence-electron chi connectivity index (χ1n) is 16.3. The fraction of sp³-hybridized carbons (Fsp3) is 0.316. The number of rotatable bonds is 8. The molecule has 2 aromatic heterocycles. The Labute approximate surface area is 276 Å². The summed E-state index contributed by atoms with van der Waals surface area (Å²) in [5.74, 6) is 0.411. The average Bonchev–Trinajstić information content (AvgIpc) is 3.66. The van der Waals surface area contributed by atoms with Crippen molar-refractivity contribution in [1.82, 2.24) is 24.9 Å². The van der Waals surface area contributed by atoms with Gasteiger partial charge in [0.25, 0.3) is 0 Å². The summed E-state index contributed by atoms with van der Waals surface area (Å²) in [5.41, 5.74) is 6.50. The predicted molar refractivity (Wildman–Crippen MR) is 187 cm³/mol. The van der Waals surface area contributed by atoms with Crippen molar-refractivity contribution in [2.45, 2.75) is 58.8 Å². The molecule has 1 atom stereocenters. The quantitative estimate of drug-likeness (QED) is 0.154. The van der Waals surface area contributed by atoms with Crippen LogP contribution in [0, 0.1) is 19.8 Å². The van der Waals surface area contributed by atoms with Gasteiger partial charge >= 0.3 is 6.03 Å². The van der Waals surface area contributed by atoms with Gasteiger partial charge in [-0.15, -0.1) is 0 Å². The van der Waals surface area contributed by atoms with Crippen molar-refractivity contribution >= 4 is 23.3 Å². The molecule has 47 heavy (non-hydrogen) atoms.